The molecular formula is C14H23N3O2S. The number of hydrogen-bond donors (Lipinski definition) is 2. The van der Waals surface area contributed by atoms with Gasteiger partial charge in [-0.15, -0.1) is 0 Å². The molecule has 20 heavy (non-hydrogen) atoms. The van der Waals surface area contributed by atoms with Gasteiger partial charge in [0.1, 0.15) is 0 Å². The molecule has 1 heterocycles. The molecule has 0 radical (unpaired) electrons. The molecule has 1 atom stereocenters. The van der Waals surface area contributed by atoms with Crippen molar-refractivity contribution < 1.29 is 8.42 Å². The highest BCUT2D eigenvalue weighted by Crippen LogP contribution is 2.19. The number of benzene rings is 1. The summed E-state index contributed by atoms with van der Waals surface area (Å²) in [5.74, 6) is 0. The van der Waals surface area contributed by atoms with Crippen LogP contribution < -0.4 is 10.5 Å². The molecule has 0 bridgehead atoms. The molecule has 0 saturated carbocycles. The lowest BCUT2D eigenvalue weighted by Crippen LogP contribution is -2.31. The maximum atomic E-state index is 12.2. The fourth-order valence-corrected chi connectivity index (χ4v) is 3.73. The van der Waals surface area contributed by atoms with E-state index in [1.165, 1.54) is 6.42 Å². The van der Waals surface area contributed by atoms with E-state index >= 15 is 0 Å². The third kappa shape index (κ3) is 3.50. The second kappa shape index (κ2) is 6.11. The average Bonchev–Trinajstić information content (AvgIpc) is 2.78. The first kappa shape index (κ1) is 15.3. The third-order valence-electron chi connectivity index (χ3n) is 3.99. The molecule has 1 aliphatic rings. The number of nitrogen functional groups attached to an aromatic ring is 1. The Labute approximate surface area is 121 Å². The first-order chi connectivity index (χ1) is 9.40. The molecule has 3 N–H and O–H groups in total. The quantitative estimate of drug-likeness (QED) is 0.804. The maximum Gasteiger partial charge on any atom is 0.240 e. The topological polar surface area (TPSA) is 75.4 Å². The molecule has 1 unspecified atom stereocenters. The Kier molecular flexibility index (Phi) is 4.67. The van der Waals surface area contributed by atoms with Crippen LogP contribution in [0.2, 0.25) is 0 Å². The molecule has 0 spiro atoms. The first-order valence-electron chi connectivity index (χ1n) is 6.96. The molecule has 1 saturated heterocycles. The van der Waals surface area contributed by atoms with Gasteiger partial charge in [-0.3, -0.25) is 0 Å². The van der Waals surface area contributed by atoms with Crippen molar-refractivity contribution in [2.45, 2.75) is 37.1 Å². The number of anilines is 1. The number of hydrogen-bond acceptors (Lipinski definition) is 4. The van der Waals surface area contributed by atoms with Crippen LogP contribution >= 0.6 is 0 Å². The van der Waals surface area contributed by atoms with Gasteiger partial charge < -0.3 is 10.6 Å². The van der Waals surface area contributed by atoms with Crippen molar-refractivity contribution in [3.63, 3.8) is 0 Å². The van der Waals surface area contributed by atoms with Crippen molar-refractivity contribution in [1.82, 2.24) is 9.62 Å². The van der Waals surface area contributed by atoms with Crippen molar-refractivity contribution >= 4 is 15.7 Å². The third-order valence-corrected chi connectivity index (χ3v) is 5.45. The zero-order valence-corrected chi connectivity index (χ0v) is 12.9. The van der Waals surface area contributed by atoms with Crippen LogP contribution in [0.3, 0.4) is 0 Å². The average molecular weight is 297 g/mol. The highest BCUT2D eigenvalue weighted by Gasteiger charge is 2.21. The Morgan fingerprint density at radius 1 is 1.45 bits per heavy atom. The van der Waals surface area contributed by atoms with Crippen LogP contribution in [0.25, 0.3) is 0 Å². The van der Waals surface area contributed by atoms with Crippen molar-refractivity contribution in [3.8, 4) is 0 Å². The summed E-state index contributed by atoms with van der Waals surface area (Å²) in [6.45, 7) is 3.39. The predicted molar refractivity (Wildman–Crippen MR) is 81.0 cm³/mol. The van der Waals surface area contributed by atoms with Crippen LogP contribution in [-0.4, -0.2) is 39.5 Å². The largest absolute Gasteiger partial charge is 0.399 e. The Morgan fingerprint density at radius 2 is 2.20 bits per heavy atom. The fourth-order valence-electron chi connectivity index (χ4n) is 2.60. The van der Waals surface area contributed by atoms with Crippen molar-refractivity contribution in [3.05, 3.63) is 23.8 Å². The monoisotopic (exact) mass is 297 g/mol. The van der Waals surface area contributed by atoms with Gasteiger partial charge in [-0.05, 0) is 63.5 Å². The number of nitrogens with two attached hydrogens (primary N) is 1. The summed E-state index contributed by atoms with van der Waals surface area (Å²) >= 11 is 0. The molecule has 112 valence electrons. The molecule has 0 amide bonds. The number of likely N-dealkylation sites (tertiary alicyclic amines) is 1. The second-order valence-electron chi connectivity index (χ2n) is 5.48. The van der Waals surface area contributed by atoms with E-state index in [0.717, 1.165) is 24.9 Å². The van der Waals surface area contributed by atoms with Crippen LogP contribution in [-0.2, 0) is 10.0 Å². The standard InChI is InChI=1S/C14H23N3O2S/c1-11-10-13(5-6-14(11)15)20(18,19)16-8-7-12-4-3-9-17(12)2/h5-6,10,12,16H,3-4,7-9,15H2,1-2H3. The Balaban J connectivity index is 1.95. The van der Waals surface area contributed by atoms with Crippen LogP contribution in [0.15, 0.2) is 23.1 Å². The lowest BCUT2D eigenvalue weighted by Gasteiger charge is -2.19. The van der Waals surface area contributed by atoms with E-state index in [0.29, 0.717) is 18.3 Å². The van der Waals surface area contributed by atoms with Gasteiger partial charge in [-0.1, -0.05) is 0 Å². The number of rotatable bonds is 5. The van der Waals surface area contributed by atoms with E-state index < -0.39 is 10.0 Å². The number of nitrogens with zero attached hydrogens (tertiary/aromatic N) is 1. The summed E-state index contributed by atoms with van der Waals surface area (Å²) in [5.41, 5.74) is 7.10. The molecule has 1 fully saturated rings. The highest BCUT2D eigenvalue weighted by atomic mass is 32.2. The zero-order valence-electron chi connectivity index (χ0n) is 12.1. The van der Waals surface area contributed by atoms with Crippen molar-refractivity contribution in [2.24, 2.45) is 0 Å². The lowest BCUT2D eigenvalue weighted by atomic mass is 10.1. The Hall–Kier alpha value is -1.11. The molecule has 1 aliphatic heterocycles. The molecule has 0 aliphatic carbocycles. The van der Waals surface area contributed by atoms with Crippen LogP contribution in [0.5, 0.6) is 0 Å². The zero-order chi connectivity index (χ0) is 14.8. The van der Waals surface area contributed by atoms with Gasteiger partial charge in [-0.25, -0.2) is 13.1 Å². The number of nitrogens with one attached hydrogen (secondary N) is 1. The Morgan fingerprint density at radius 3 is 2.80 bits per heavy atom. The van der Waals surface area contributed by atoms with Gasteiger partial charge in [0.25, 0.3) is 0 Å². The van der Waals surface area contributed by atoms with Gasteiger partial charge in [0.05, 0.1) is 4.90 Å². The fraction of sp³-hybridized carbons (Fsp3) is 0.571. The Bertz CT molecular complexity index is 572. The molecule has 0 aromatic heterocycles. The number of aryl methyl sites for hydroxylation is 1. The summed E-state index contributed by atoms with van der Waals surface area (Å²) < 4.78 is 27.0. The van der Waals surface area contributed by atoms with Gasteiger partial charge >= 0.3 is 0 Å². The second-order valence-corrected chi connectivity index (χ2v) is 7.25. The van der Waals surface area contributed by atoms with E-state index in [9.17, 15) is 8.42 Å². The minimum absolute atomic E-state index is 0.281. The molecule has 1 aromatic carbocycles. The van der Waals surface area contributed by atoms with E-state index in [4.69, 9.17) is 5.73 Å². The first-order valence-corrected chi connectivity index (χ1v) is 8.44. The van der Waals surface area contributed by atoms with Gasteiger partial charge in [0, 0.05) is 18.3 Å². The van der Waals surface area contributed by atoms with Gasteiger partial charge in [-0.2, -0.15) is 0 Å². The summed E-state index contributed by atoms with van der Waals surface area (Å²) in [4.78, 5) is 2.57. The lowest BCUT2D eigenvalue weighted by molar-refractivity contribution is 0.297. The molecule has 1 aromatic rings. The molecule has 2 rings (SSSR count). The predicted octanol–water partition coefficient (Wildman–Crippen LogP) is 1.34. The summed E-state index contributed by atoms with van der Waals surface area (Å²) in [7, 11) is -1.34. The molecule has 5 nitrogen and oxygen atoms in total. The summed E-state index contributed by atoms with van der Waals surface area (Å²) in [6, 6.07) is 5.28. The minimum Gasteiger partial charge on any atom is -0.399 e. The SMILES string of the molecule is Cc1cc(S(=O)(=O)NCCC2CCCN2C)ccc1N. The van der Waals surface area contributed by atoms with Gasteiger partial charge in [0.2, 0.25) is 10.0 Å². The van der Waals surface area contributed by atoms with E-state index in [-0.39, 0.29) is 4.90 Å². The highest BCUT2D eigenvalue weighted by molar-refractivity contribution is 7.89. The van der Waals surface area contributed by atoms with Gasteiger partial charge in [0.15, 0.2) is 0 Å². The number of sulfonamides is 1. The molecular weight excluding hydrogens is 274 g/mol. The van der Waals surface area contributed by atoms with E-state index in [2.05, 4.69) is 16.7 Å². The summed E-state index contributed by atoms with van der Waals surface area (Å²) in [6.07, 6.45) is 3.20. The summed E-state index contributed by atoms with van der Waals surface area (Å²) in [5, 5.41) is 0. The maximum absolute atomic E-state index is 12.2. The smallest absolute Gasteiger partial charge is 0.240 e. The van der Waals surface area contributed by atoms with Crippen LogP contribution in [0, 0.1) is 6.92 Å². The van der Waals surface area contributed by atoms with Crippen molar-refractivity contribution in [2.75, 3.05) is 25.9 Å². The van der Waals surface area contributed by atoms with E-state index in [1.807, 2.05) is 6.92 Å². The van der Waals surface area contributed by atoms with E-state index in [1.54, 1.807) is 18.2 Å². The van der Waals surface area contributed by atoms with Crippen molar-refractivity contribution in [1.29, 1.82) is 0 Å². The van der Waals surface area contributed by atoms with Crippen LogP contribution in [0.1, 0.15) is 24.8 Å². The van der Waals surface area contributed by atoms with Crippen LogP contribution in [0.4, 0.5) is 5.69 Å². The normalized spacial score (nSPS) is 20.4. The molecule has 6 heteroatoms. The minimum atomic E-state index is -3.43.